The van der Waals surface area contributed by atoms with Crippen molar-refractivity contribution >= 4 is 10.9 Å². The Bertz CT molecular complexity index is 4050. The summed E-state index contributed by atoms with van der Waals surface area (Å²) in [5.41, 5.74) is 10.7. The topological polar surface area (TPSA) is 280 Å². The fourth-order valence-electron chi connectivity index (χ4n) is 11.8. The molecule has 0 amide bonds. The van der Waals surface area contributed by atoms with Crippen molar-refractivity contribution in [3.63, 3.8) is 0 Å². The highest BCUT2D eigenvalue weighted by atomic mass is 16.5. The molecule has 488 valence electrons. The van der Waals surface area contributed by atoms with Crippen LogP contribution in [0.2, 0.25) is 0 Å². The zero-order chi connectivity index (χ0) is 64.6. The monoisotopic (exact) mass is 1270 g/mol. The zero-order valence-corrected chi connectivity index (χ0v) is 53.5. The van der Waals surface area contributed by atoms with Crippen molar-refractivity contribution in [1.82, 2.24) is 55.5 Å². The van der Waals surface area contributed by atoms with Crippen molar-refractivity contribution in [3.05, 3.63) is 138 Å². The van der Waals surface area contributed by atoms with E-state index in [2.05, 4.69) is 67.6 Å². The highest BCUT2D eigenvalue weighted by Crippen LogP contribution is 2.40. The predicted octanol–water partition coefficient (Wildman–Crippen LogP) is 11.2. The van der Waals surface area contributed by atoms with E-state index in [-0.39, 0.29) is 24.9 Å². The number of benzene rings is 5. The quantitative estimate of drug-likeness (QED) is 0.0355. The molecule has 5 N–H and O–H groups in total. The number of fused-ring (bicyclic) bond motifs is 2. The van der Waals surface area contributed by atoms with Gasteiger partial charge >= 0.3 is 0 Å². The van der Waals surface area contributed by atoms with Crippen molar-refractivity contribution in [2.24, 2.45) is 0 Å². The predicted molar refractivity (Wildman–Crippen MR) is 350 cm³/mol. The number of H-pyrrole nitrogens is 1. The summed E-state index contributed by atoms with van der Waals surface area (Å²) >= 11 is 0. The van der Waals surface area contributed by atoms with Gasteiger partial charge in [0.2, 0.25) is 17.5 Å². The Labute approximate surface area is 540 Å². The van der Waals surface area contributed by atoms with Crippen LogP contribution in [0.25, 0.3) is 79.4 Å². The van der Waals surface area contributed by atoms with Crippen molar-refractivity contribution in [1.29, 1.82) is 0 Å². The lowest BCUT2D eigenvalue weighted by Gasteiger charge is -2.14. The van der Waals surface area contributed by atoms with Crippen molar-refractivity contribution in [3.8, 4) is 103 Å². The first kappa shape index (κ1) is 65.3. The average molecular weight is 1270 g/mol. The van der Waals surface area contributed by atoms with Gasteiger partial charge in [0, 0.05) is 109 Å². The number of rotatable bonds is 25. The van der Waals surface area contributed by atoms with E-state index < -0.39 is 0 Å². The van der Waals surface area contributed by atoms with Crippen LogP contribution in [0.15, 0.2) is 129 Å². The Morgan fingerprint density at radius 1 is 0.538 bits per heavy atom. The van der Waals surface area contributed by atoms with Gasteiger partial charge in [0.25, 0.3) is 17.7 Å². The van der Waals surface area contributed by atoms with Crippen LogP contribution < -0.4 is 33.7 Å². The van der Waals surface area contributed by atoms with E-state index in [1.165, 1.54) is 16.7 Å². The first-order valence-corrected chi connectivity index (χ1v) is 32.1. The first-order valence-electron chi connectivity index (χ1n) is 32.1. The number of aromatic nitrogens is 8. The molecule has 23 nitrogen and oxygen atoms in total. The van der Waals surface area contributed by atoms with Crippen LogP contribution in [0.3, 0.4) is 0 Å². The molecule has 0 saturated carbocycles. The lowest BCUT2D eigenvalue weighted by molar-refractivity contribution is 0.174. The molecule has 3 aliphatic rings. The summed E-state index contributed by atoms with van der Waals surface area (Å²) in [6.45, 7) is 20.3. The van der Waals surface area contributed by atoms with Crippen LogP contribution in [-0.2, 0) is 19.5 Å². The van der Waals surface area contributed by atoms with E-state index in [1.807, 2.05) is 139 Å². The van der Waals surface area contributed by atoms with Gasteiger partial charge < -0.3 is 67.6 Å². The second-order valence-corrected chi connectivity index (χ2v) is 22.5. The summed E-state index contributed by atoms with van der Waals surface area (Å²) in [7, 11) is 0. The number of aliphatic hydroxyl groups excluding tert-OH is 3. The summed E-state index contributed by atoms with van der Waals surface area (Å²) in [6, 6.07) is 33.2. The van der Waals surface area contributed by atoms with Gasteiger partial charge in [-0.2, -0.15) is 15.0 Å². The van der Waals surface area contributed by atoms with Gasteiger partial charge in [0.15, 0.2) is 34.5 Å². The lowest BCUT2D eigenvalue weighted by Crippen LogP contribution is -2.22. The van der Waals surface area contributed by atoms with Crippen molar-refractivity contribution in [2.45, 2.75) is 98.6 Å². The average Bonchev–Trinajstić information content (AvgIpc) is 1.70. The Morgan fingerprint density at radius 2 is 1.03 bits per heavy atom. The van der Waals surface area contributed by atoms with Crippen LogP contribution in [0, 0.1) is 0 Å². The summed E-state index contributed by atoms with van der Waals surface area (Å²) in [5, 5.41) is 45.8. The lowest BCUT2D eigenvalue weighted by atomic mass is 10.0. The minimum Gasteiger partial charge on any atom is -0.490 e. The Balaban J connectivity index is 0.000000143. The maximum atomic E-state index is 9.83. The highest BCUT2D eigenvalue weighted by Gasteiger charge is 2.28. The van der Waals surface area contributed by atoms with E-state index in [1.54, 1.807) is 6.20 Å². The molecular weight excluding hydrogens is 1190 g/mol. The molecule has 0 radical (unpaired) electrons. The van der Waals surface area contributed by atoms with Crippen LogP contribution in [0.1, 0.15) is 89.2 Å². The maximum absolute atomic E-state index is 9.83. The van der Waals surface area contributed by atoms with E-state index in [9.17, 15) is 10.2 Å². The Morgan fingerprint density at radius 3 is 1.55 bits per heavy atom. The molecular formula is C70H81N11O12. The first-order chi connectivity index (χ1) is 45.5. The van der Waals surface area contributed by atoms with Gasteiger partial charge in [-0.3, -0.25) is 14.8 Å². The smallest absolute Gasteiger partial charge is 0.258 e. The third kappa shape index (κ3) is 16.0. The van der Waals surface area contributed by atoms with E-state index in [0.29, 0.717) is 135 Å². The number of aliphatic hydroxyl groups is 3. The molecule has 13 rings (SSSR count). The molecule has 1 aliphatic carbocycles. The molecule has 23 heteroatoms. The normalized spacial score (nSPS) is 16.2. The molecule has 10 aromatic rings. The summed E-state index contributed by atoms with van der Waals surface area (Å²) in [4.78, 5) is 26.1. The third-order valence-corrected chi connectivity index (χ3v) is 16.0. The number of nitrogens with zero attached hydrogens (tertiary/aromatic N) is 9. The fourth-order valence-corrected chi connectivity index (χ4v) is 11.8. The molecule has 3 atom stereocenters. The maximum Gasteiger partial charge on any atom is 0.258 e. The standard InChI is InChI=1S/C25H28N4O4.C23H27N3O4.C22H26N4O4/c1-3-31-22-8-6-17(12-23(22)32-4-2)25-27-24(28-33-25)16-5-7-21-20(11-16)18(13-26-21)14-29-10-9-19(30)15-29;1-3-28-20-11-8-15(14-21(20)29-4-2)23-25-22(26-30-23)18-7-5-6-17-16(18)9-10-19(17)24-12-13-27;1-3-28-19-6-5-16(12-20(19)29-4-2)22-24-21(25-30-22)15-7-9-23-17(11-15)13-26-10-8-18(27)14-26/h5-8,11-13,19,26,30H,3-4,9-10,14-15H2,1-2H3;5-8,11,14,19,24,27H,3-4,9-10,12-13H2,1-2H3;5-7,9,11-12,18,27H,3-4,8,10,13-14H2,1-2H3/t19-;;18-/m0.1/s1. The van der Waals surface area contributed by atoms with Crippen molar-refractivity contribution in [2.75, 3.05) is 79.0 Å². The third-order valence-electron chi connectivity index (χ3n) is 16.0. The zero-order valence-electron chi connectivity index (χ0n) is 53.5. The van der Waals surface area contributed by atoms with Gasteiger partial charge in [-0.1, -0.05) is 33.7 Å². The minimum atomic E-state index is -0.247. The molecule has 7 heterocycles. The number of hydrogen-bond acceptors (Lipinski definition) is 22. The van der Waals surface area contributed by atoms with Crippen LogP contribution >= 0.6 is 0 Å². The largest absolute Gasteiger partial charge is 0.490 e. The number of nitrogens with one attached hydrogen (secondary N) is 2. The van der Waals surface area contributed by atoms with Gasteiger partial charge in [0.05, 0.1) is 64.2 Å². The van der Waals surface area contributed by atoms with Gasteiger partial charge in [-0.15, -0.1) is 0 Å². The molecule has 93 heavy (non-hydrogen) atoms. The van der Waals surface area contributed by atoms with Crippen LogP contribution in [-0.4, -0.2) is 157 Å². The van der Waals surface area contributed by atoms with Gasteiger partial charge in [0.1, 0.15) is 0 Å². The SMILES string of the molecule is CCOc1ccc(-c2nc(-c3ccc4[nH]cc(CN5CC[C@H](O)C5)c4c3)no2)cc1OCC.CCOc1ccc(-c2nc(-c3cccc4c3CCC4NCCO)no2)cc1OCC.CCOc1ccc(-c2nc(-c3ccnc(CN4CC[C@@H](O)C4)c3)no2)cc1OCC. The summed E-state index contributed by atoms with van der Waals surface area (Å²) in [5.74, 6) is 6.94. The number of aromatic amines is 1. The van der Waals surface area contributed by atoms with E-state index in [0.717, 1.165) is 95.3 Å². The second-order valence-electron chi connectivity index (χ2n) is 22.5. The molecule has 1 unspecified atom stereocenters. The van der Waals surface area contributed by atoms with E-state index in [4.69, 9.17) is 47.1 Å². The number of likely N-dealkylation sites (tertiary alicyclic amines) is 2. The van der Waals surface area contributed by atoms with Crippen LogP contribution in [0.5, 0.6) is 34.5 Å². The Hall–Kier alpha value is -9.23. The minimum absolute atomic E-state index is 0.131. The molecule has 0 bridgehead atoms. The molecule has 2 aliphatic heterocycles. The Kier molecular flexibility index (Phi) is 22.0. The number of pyridine rings is 1. The molecule has 0 spiro atoms. The molecule has 5 aromatic carbocycles. The van der Waals surface area contributed by atoms with Crippen LogP contribution in [0.4, 0.5) is 0 Å². The number of hydrogen-bond donors (Lipinski definition) is 5. The second kappa shape index (κ2) is 31.4. The molecule has 5 aromatic heterocycles. The summed E-state index contributed by atoms with van der Waals surface area (Å²) in [6.07, 6.45) is 6.88. The molecule has 2 fully saturated rings. The fraction of sp³-hybridized carbons (Fsp3) is 0.386. The summed E-state index contributed by atoms with van der Waals surface area (Å²) < 4.78 is 50.7. The van der Waals surface area contributed by atoms with Gasteiger partial charge in [-0.05, 0) is 169 Å². The highest BCUT2D eigenvalue weighted by molar-refractivity contribution is 5.87. The van der Waals surface area contributed by atoms with E-state index >= 15 is 0 Å². The number of ether oxygens (including phenoxy) is 6. The van der Waals surface area contributed by atoms with Gasteiger partial charge in [-0.25, -0.2) is 0 Å². The van der Waals surface area contributed by atoms with Crippen molar-refractivity contribution < 1.29 is 57.3 Å². The number of β-amino-alcohol motifs (C(OH)–C–C–N with tert-alkyl or cyclic N) is 2. The molecule has 2 saturated heterocycles.